The van der Waals surface area contributed by atoms with Crippen LogP contribution in [0.4, 0.5) is 0 Å². The molecule has 0 heterocycles. The summed E-state index contributed by atoms with van der Waals surface area (Å²) < 4.78 is 0. The number of nitrogens with one attached hydrogen (secondary N) is 1. The number of rotatable bonds is 9. The molecular formula is C12H23NO3S. The maximum atomic E-state index is 11.7. The molecule has 0 spiro atoms. The second kappa shape index (κ2) is 8.39. The van der Waals surface area contributed by atoms with Crippen molar-refractivity contribution in [3.05, 3.63) is 0 Å². The van der Waals surface area contributed by atoms with Gasteiger partial charge in [-0.25, -0.2) is 0 Å². The summed E-state index contributed by atoms with van der Waals surface area (Å²) in [5.41, 5.74) is -0.899. The molecule has 0 rings (SSSR count). The molecule has 0 saturated carbocycles. The summed E-state index contributed by atoms with van der Waals surface area (Å²) in [5, 5.41) is 12.0. The van der Waals surface area contributed by atoms with Gasteiger partial charge in [0.1, 0.15) is 0 Å². The van der Waals surface area contributed by atoms with Crippen LogP contribution in [0.5, 0.6) is 0 Å². The minimum absolute atomic E-state index is 0.0780. The largest absolute Gasteiger partial charge is 0.481 e. The number of carboxylic acids is 1. The SMILES string of the molecule is CCC(CC)(CC(=O)NCCCSC)C(=O)O. The smallest absolute Gasteiger partial charge is 0.310 e. The first-order valence-electron chi connectivity index (χ1n) is 6.01. The Labute approximate surface area is 108 Å². The fourth-order valence-corrected chi connectivity index (χ4v) is 2.13. The van der Waals surface area contributed by atoms with Gasteiger partial charge >= 0.3 is 5.97 Å². The van der Waals surface area contributed by atoms with Crippen molar-refractivity contribution in [2.75, 3.05) is 18.6 Å². The molecule has 2 N–H and O–H groups in total. The molecular weight excluding hydrogens is 238 g/mol. The molecule has 0 aromatic carbocycles. The van der Waals surface area contributed by atoms with Crippen molar-refractivity contribution in [3.63, 3.8) is 0 Å². The first-order chi connectivity index (χ1) is 8.02. The Bertz CT molecular complexity index is 252. The van der Waals surface area contributed by atoms with Crippen LogP contribution in [-0.2, 0) is 9.59 Å². The summed E-state index contributed by atoms with van der Waals surface area (Å²) in [6.07, 6.45) is 3.99. The molecule has 0 bridgehead atoms. The van der Waals surface area contributed by atoms with Crippen molar-refractivity contribution in [2.24, 2.45) is 5.41 Å². The third-order valence-corrected chi connectivity index (χ3v) is 3.85. The van der Waals surface area contributed by atoms with E-state index in [1.54, 1.807) is 11.8 Å². The van der Waals surface area contributed by atoms with Crippen LogP contribution in [-0.4, -0.2) is 35.5 Å². The summed E-state index contributed by atoms with van der Waals surface area (Å²) in [6.45, 7) is 4.26. The summed E-state index contributed by atoms with van der Waals surface area (Å²) in [6, 6.07) is 0. The third-order valence-electron chi connectivity index (χ3n) is 3.15. The van der Waals surface area contributed by atoms with E-state index in [-0.39, 0.29) is 12.3 Å². The van der Waals surface area contributed by atoms with E-state index in [1.807, 2.05) is 20.1 Å². The molecule has 100 valence electrons. The molecule has 0 aromatic rings. The molecule has 1 amide bonds. The maximum absolute atomic E-state index is 11.7. The normalized spacial score (nSPS) is 11.2. The molecule has 0 radical (unpaired) electrons. The van der Waals surface area contributed by atoms with Crippen LogP contribution in [0.15, 0.2) is 0 Å². The van der Waals surface area contributed by atoms with Crippen LogP contribution in [0, 0.1) is 5.41 Å². The molecule has 5 heteroatoms. The minimum atomic E-state index is -0.899. The topological polar surface area (TPSA) is 66.4 Å². The standard InChI is InChI=1S/C12H23NO3S/c1-4-12(5-2,11(15)16)9-10(14)13-7-6-8-17-3/h4-9H2,1-3H3,(H,13,14)(H,15,16). The van der Waals surface area contributed by atoms with E-state index < -0.39 is 11.4 Å². The van der Waals surface area contributed by atoms with Crippen LogP contribution in [0.1, 0.15) is 39.5 Å². The van der Waals surface area contributed by atoms with Gasteiger partial charge in [0.15, 0.2) is 0 Å². The monoisotopic (exact) mass is 261 g/mol. The van der Waals surface area contributed by atoms with Crippen molar-refractivity contribution in [1.29, 1.82) is 0 Å². The van der Waals surface area contributed by atoms with E-state index >= 15 is 0 Å². The van der Waals surface area contributed by atoms with Gasteiger partial charge in [-0.05, 0) is 31.3 Å². The zero-order valence-corrected chi connectivity index (χ0v) is 11.7. The lowest BCUT2D eigenvalue weighted by Gasteiger charge is -2.25. The van der Waals surface area contributed by atoms with Crippen molar-refractivity contribution >= 4 is 23.6 Å². The van der Waals surface area contributed by atoms with Crippen molar-refractivity contribution < 1.29 is 14.7 Å². The molecule has 0 aromatic heterocycles. The summed E-state index contributed by atoms with van der Waals surface area (Å²) >= 11 is 1.73. The van der Waals surface area contributed by atoms with Gasteiger partial charge in [-0.1, -0.05) is 13.8 Å². The highest BCUT2D eigenvalue weighted by Gasteiger charge is 2.36. The lowest BCUT2D eigenvalue weighted by Crippen LogP contribution is -2.37. The molecule has 0 aliphatic carbocycles. The summed E-state index contributed by atoms with van der Waals surface area (Å²) in [5.74, 6) is -0.0229. The van der Waals surface area contributed by atoms with Gasteiger partial charge in [0.2, 0.25) is 5.91 Å². The Morgan fingerprint density at radius 2 is 1.88 bits per heavy atom. The first-order valence-corrected chi connectivity index (χ1v) is 7.40. The minimum Gasteiger partial charge on any atom is -0.481 e. The molecule has 0 fully saturated rings. The Morgan fingerprint density at radius 1 is 1.29 bits per heavy atom. The van der Waals surface area contributed by atoms with Crippen LogP contribution in [0.25, 0.3) is 0 Å². The highest BCUT2D eigenvalue weighted by Crippen LogP contribution is 2.30. The van der Waals surface area contributed by atoms with Gasteiger partial charge in [-0.2, -0.15) is 11.8 Å². The number of hydrogen-bond donors (Lipinski definition) is 2. The second-order valence-electron chi connectivity index (χ2n) is 4.17. The van der Waals surface area contributed by atoms with Crippen LogP contribution < -0.4 is 5.32 Å². The van der Waals surface area contributed by atoms with E-state index in [4.69, 9.17) is 0 Å². The number of amides is 1. The van der Waals surface area contributed by atoms with Gasteiger partial charge in [0.05, 0.1) is 5.41 Å². The molecule has 0 saturated heterocycles. The van der Waals surface area contributed by atoms with E-state index in [1.165, 1.54) is 0 Å². The molecule has 0 atom stereocenters. The van der Waals surface area contributed by atoms with Gasteiger partial charge in [-0.3, -0.25) is 9.59 Å². The second-order valence-corrected chi connectivity index (χ2v) is 5.15. The van der Waals surface area contributed by atoms with E-state index in [0.717, 1.165) is 12.2 Å². The lowest BCUT2D eigenvalue weighted by molar-refractivity contribution is -0.152. The first kappa shape index (κ1) is 16.3. The highest BCUT2D eigenvalue weighted by molar-refractivity contribution is 7.98. The fraction of sp³-hybridized carbons (Fsp3) is 0.833. The number of carbonyl (C=O) groups is 2. The van der Waals surface area contributed by atoms with E-state index in [9.17, 15) is 14.7 Å². The van der Waals surface area contributed by atoms with E-state index in [0.29, 0.717) is 19.4 Å². The number of hydrogen-bond acceptors (Lipinski definition) is 3. The average molecular weight is 261 g/mol. The lowest BCUT2D eigenvalue weighted by atomic mass is 9.79. The van der Waals surface area contributed by atoms with Crippen molar-refractivity contribution in [1.82, 2.24) is 5.32 Å². The van der Waals surface area contributed by atoms with Crippen LogP contribution >= 0.6 is 11.8 Å². The summed E-state index contributed by atoms with van der Waals surface area (Å²) in [4.78, 5) is 22.9. The van der Waals surface area contributed by atoms with E-state index in [2.05, 4.69) is 5.32 Å². The highest BCUT2D eigenvalue weighted by atomic mass is 32.2. The fourth-order valence-electron chi connectivity index (χ4n) is 1.69. The van der Waals surface area contributed by atoms with Gasteiger partial charge in [0.25, 0.3) is 0 Å². The predicted molar refractivity (Wildman–Crippen MR) is 71.3 cm³/mol. The molecule has 0 aliphatic heterocycles. The van der Waals surface area contributed by atoms with Gasteiger partial charge in [-0.15, -0.1) is 0 Å². The zero-order valence-electron chi connectivity index (χ0n) is 10.9. The predicted octanol–water partition coefficient (Wildman–Crippen LogP) is 2.14. The number of carboxylic acid groups (broad SMARTS) is 1. The Kier molecular flexibility index (Phi) is 8.04. The Hall–Kier alpha value is -0.710. The quantitative estimate of drug-likeness (QED) is 0.624. The van der Waals surface area contributed by atoms with Gasteiger partial charge < -0.3 is 10.4 Å². The Morgan fingerprint density at radius 3 is 2.29 bits per heavy atom. The average Bonchev–Trinajstić information content (AvgIpc) is 2.31. The van der Waals surface area contributed by atoms with Crippen LogP contribution in [0.2, 0.25) is 0 Å². The molecule has 17 heavy (non-hydrogen) atoms. The zero-order chi connectivity index (χ0) is 13.3. The van der Waals surface area contributed by atoms with Crippen LogP contribution in [0.3, 0.4) is 0 Å². The molecule has 0 aliphatic rings. The maximum Gasteiger partial charge on any atom is 0.310 e. The number of aliphatic carboxylic acids is 1. The molecule has 4 nitrogen and oxygen atoms in total. The van der Waals surface area contributed by atoms with Crippen molar-refractivity contribution in [3.8, 4) is 0 Å². The summed E-state index contributed by atoms with van der Waals surface area (Å²) in [7, 11) is 0. The van der Waals surface area contributed by atoms with Crippen molar-refractivity contribution in [2.45, 2.75) is 39.5 Å². The van der Waals surface area contributed by atoms with Gasteiger partial charge in [0, 0.05) is 13.0 Å². The number of thioether (sulfide) groups is 1. The third kappa shape index (κ3) is 5.44. The molecule has 0 unspecified atom stereocenters. The Balaban J connectivity index is 4.18. The number of carbonyl (C=O) groups excluding carboxylic acids is 1.